The van der Waals surface area contributed by atoms with Gasteiger partial charge in [-0.3, -0.25) is 4.79 Å². The Balaban J connectivity index is 1.55. The lowest BCUT2D eigenvalue weighted by atomic mass is 10.1. The van der Waals surface area contributed by atoms with E-state index in [9.17, 15) is 9.18 Å². The van der Waals surface area contributed by atoms with E-state index in [0.29, 0.717) is 12.2 Å². The molecule has 0 aliphatic heterocycles. The van der Waals surface area contributed by atoms with E-state index in [2.05, 4.69) is 10.4 Å². The Hall–Kier alpha value is -3.15. The van der Waals surface area contributed by atoms with Gasteiger partial charge in [0.15, 0.2) is 6.73 Å². The molecule has 1 heterocycles. The second kappa shape index (κ2) is 7.82. The summed E-state index contributed by atoms with van der Waals surface area (Å²) in [6, 6.07) is 13.6. The highest BCUT2D eigenvalue weighted by atomic mass is 19.1. The van der Waals surface area contributed by atoms with Crippen LogP contribution in [0.5, 0.6) is 5.75 Å². The lowest BCUT2D eigenvalue weighted by Crippen LogP contribution is -2.23. The molecule has 26 heavy (non-hydrogen) atoms. The maximum atomic E-state index is 12.9. The van der Waals surface area contributed by atoms with Crippen molar-refractivity contribution >= 4 is 5.91 Å². The molecule has 0 aliphatic rings. The molecule has 0 fully saturated rings. The van der Waals surface area contributed by atoms with Crippen molar-refractivity contribution in [2.45, 2.75) is 27.1 Å². The van der Waals surface area contributed by atoms with Gasteiger partial charge in [0.1, 0.15) is 17.3 Å². The number of hydrogen-bond acceptors (Lipinski definition) is 3. The minimum absolute atomic E-state index is 0.217. The smallest absolute Gasteiger partial charge is 0.272 e. The summed E-state index contributed by atoms with van der Waals surface area (Å²) in [7, 11) is 0. The number of amides is 1. The van der Waals surface area contributed by atoms with Crippen LogP contribution in [0.25, 0.3) is 0 Å². The van der Waals surface area contributed by atoms with Gasteiger partial charge in [0.05, 0.1) is 0 Å². The number of aryl methyl sites for hydroxylation is 2. The maximum Gasteiger partial charge on any atom is 0.272 e. The van der Waals surface area contributed by atoms with Crippen LogP contribution in [0.1, 0.15) is 27.2 Å². The zero-order valence-corrected chi connectivity index (χ0v) is 14.7. The van der Waals surface area contributed by atoms with Gasteiger partial charge in [-0.2, -0.15) is 5.10 Å². The van der Waals surface area contributed by atoms with Crippen molar-refractivity contribution in [1.82, 2.24) is 15.1 Å². The van der Waals surface area contributed by atoms with Gasteiger partial charge in [-0.05, 0) is 49.2 Å². The summed E-state index contributed by atoms with van der Waals surface area (Å²) in [6.07, 6.45) is 1.69. The molecule has 0 aliphatic carbocycles. The monoisotopic (exact) mass is 353 g/mol. The topological polar surface area (TPSA) is 56.1 Å². The van der Waals surface area contributed by atoms with Gasteiger partial charge in [0.2, 0.25) is 0 Å². The zero-order chi connectivity index (χ0) is 18.5. The molecule has 0 unspecified atom stereocenters. The van der Waals surface area contributed by atoms with Crippen LogP contribution in [0.15, 0.2) is 54.7 Å². The van der Waals surface area contributed by atoms with Gasteiger partial charge in [-0.25, -0.2) is 9.07 Å². The summed E-state index contributed by atoms with van der Waals surface area (Å²) < 4.78 is 20.2. The number of aromatic nitrogens is 2. The van der Waals surface area contributed by atoms with E-state index in [1.807, 2.05) is 32.0 Å². The van der Waals surface area contributed by atoms with Crippen molar-refractivity contribution in [3.05, 3.63) is 82.9 Å². The number of carbonyl (C=O) groups is 1. The standard InChI is InChI=1S/C20H20FN3O2/c1-14-3-8-19(15(2)11-14)26-13-24-10-9-18(23-24)20(25)22-12-16-4-6-17(21)7-5-16/h3-11H,12-13H2,1-2H3,(H,22,25). The Labute approximate surface area is 151 Å². The molecule has 0 radical (unpaired) electrons. The van der Waals surface area contributed by atoms with Crippen molar-refractivity contribution in [1.29, 1.82) is 0 Å². The summed E-state index contributed by atoms with van der Waals surface area (Å²) >= 11 is 0. The van der Waals surface area contributed by atoms with Gasteiger partial charge < -0.3 is 10.1 Å². The van der Waals surface area contributed by atoms with Crippen LogP contribution >= 0.6 is 0 Å². The molecule has 134 valence electrons. The lowest BCUT2D eigenvalue weighted by Gasteiger charge is -2.09. The Bertz CT molecular complexity index is 904. The molecule has 0 bridgehead atoms. The molecule has 0 spiro atoms. The number of hydrogen-bond donors (Lipinski definition) is 1. The normalized spacial score (nSPS) is 10.6. The van der Waals surface area contributed by atoms with Crippen LogP contribution in [0, 0.1) is 19.7 Å². The summed E-state index contributed by atoms with van der Waals surface area (Å²) in [6.45, 7) is 4.54. The number of ether oxygens (including phenoxy) is 1. The summed E-state index contributed by atoms with van der Waals surface area (Å²) in [4.78, 5) is 12.2. The first-order chi connectivity index (χ1) is 12.5. The molecule has 1 N–H and O–H groups in total. The quantitative estimate of drug-likeness (QED) is 0.737. The molecule has 1 aromatic heterocycles. The van der Waals surface area contributed by atoms with Crippen LogP contribution in [0.3, 0.4) is 0 Å². The fourth-order valence-corrected chi connectivity index (χ4v) is 2.53. The number of nitrogens with one attached hydrogen (secondary N) is 1. The highest BCUT2D eigenvalue weighted by Gasteiger charge is 2.10. The summed E-state index contributed by atoms with van der Waals surface area (Å²) in [5, 5.41) is 6.98. The van der Waals surface area contributed by atoms with Crippen molar-refractivity contribution in [2.24, 2.45) is 0 Å². The summed E-state index contributed by atoms with van der Waals surface area (Å²) in [5.41, 5.74) is 3.34. The fourth-order valence-electron chi connectivity index (χ4n) is 2.53. The number of carbonyl (C=O) groups excluding carboxylic acids is 1. The van der Waals surface area contributed by atoms with Gasteiger partial charge in [0, 0.05) is 12.7 Å². The lowest BCUT2D eigenvalue weighted by molar-refractivity contribution is 0.0944. The molecular formula is C20H20FN3O2. The molecule has 0 saturated heterocycles. The predicted molar refractivity (Wildman–Crippen MR) is 96.3 cm³/mol. The highest BCUT2D eigenvalue weighted by molar-refractivity contribution is 5.92. The van der Waals surface area contributed by atoms with Crippen molar-refractivity contribution in [3.63, 3.8) is 0 Å². The van der Waals surface area contributed by atoms with Crippen LogP contribution in [-0.4, -0.2) is 15.7 Å². The molecule has 1 amide bonds. The molecule has 0 saturated carbocycles. The Morgan fingerprint density at radius 2 is 1.92 bits per heavy atom. The van der Waals surface area contributed by atoms with E-state index in [4.69, 9.17) is 4.74 Å². The average Bonchev–Trinajstić information content (AvgIpc) is 3.09. The molecule has 3 aromatic rings. The third-order valence-corrected chi connectivity index (χ3v) is 3.92. The molecule has 0 atom stereocenters. The Kier molecular flexibility index (Phi) is 5.31. The maximum absolute atomic E-state index is 12.9. The van der Waals surface area contributed by atoms with E-state index >= 15 is 0 Å². The van der Waals surface area contributed by atoms with E-state index in [1.165, 1.54) is 17.7 Å². The largest absolute Gasteiger partial charge is 0.471 e. The van der Waals surface area contributed by atoms with Gasteiger partial charge in [-0.1, -0.05) is 29.8 Å². The highest BCUT2D eigenvalue weighted by Crippen LogP contribution is 2.19. The minimum Gasteiger partial charge on any atom is -0.471 e. The van der Waals surface area contributed by atoms with Crippen LogP contribution in [-0.2, 0) is 13.3 Å². The first-order valence-corrected chi connectivity index (χ1v) is 8.27. The van der Waals surface area contributed by atoms with Crippen molar-refractivity contribution < 1.29 is 13.9 Å². The number of rotatable bonds is 6. The number of nitrogens with zero attached hydrogens (tertiary/aromatic N) is 2. The molecule has 2 aromatic carbocycles. The Morgan fingerprint density at radius 3 is 2.65 bits per heavy atom. The van der Waals surface area contributed by atoms with Crippen molar-refractivity contribution in [3.8, 4) is 5.75 Å². The SMILES string of the molecule is Cc1ccc(OCn2ccc(C(=O)NCc3ccc(F)cc3)n2)c(C)c1. The van der Waals surface area contributed by atoms with Crippen LogP contribution < -0.4 is 10.1 Å². The molecule has 3 rings (SSSR count). The van der Waals surface area contributed by atoms with Crippen LogP contribution in [0.4, 0.5) is 4.39 Å². The van der Waals surface area contributed by atoms with Gasteiger partial charge in [0.25, 0.3) is 5.91 Å². The zero-order valence-electron chi connectivity index (χ0n) is 14.7. The third kappa shape index (κ3) is 4.47. The van der Waals surface area contributed by atoms with E-state index in [0.717, 1.165) is 16.9 Å². The summed E-state index contributed by atoms with van der Waals surface area (Å²) in [5.74, 6) is 0.190. The predicted octanol–water partition coefficient (Wildman–Crippen LogP) is 3.61. The average molecular weight is 353 g/mol. The Morgan fingerprint density at radius 1 is 1.15 bits per heavy atom. The van der Waals surface area contributed by atoms with E-state index in [-0.39, 0.29) is 18.5 Å². The first-order valence-electron chi connectivity index (χ1n) is 8.27. The van der Waals surface area contributed by atoms with Gasteiger partial charge in [-0.15, -0.1) is 0 Å². The second-order valence-corrected chi connectivity index (χ2v) is 6.09. The molecule has 5 nitrogen and oxygen atoms in total. The first kappa shape index (κ1) is 17.7. The van der Waals surface area contributed by atoms with Gasteiger partial charge >= 0.3 is 0 Å². The number of halogens is 1. The second-order valence-electron chi connectivity index (χ2n) is 6.09. The minimum atomic E-state index is -0.303. The van der Waals surface area contributed by atoms with E-state index < -0.39 is 0 Å². The van der Waals surface area contributed by atoms with Crippen molar-refractivity contribution in [2.75, 3.05) is 0 Å². The third-order valence-electron chi connectivity index (χ3n) is 3.92. The number of benzene rings is 2. The van der Waals surface area contributed by atoms with E-state index in [1.54, 1.807) is 29.1 Å². The molecular weight excluding hydrogens is 333 g/mol. The fraction of sp³-hybridized carbons (Fsp3) is 0.200. The van der Waals surface area contributed by atoms with Crippen LogP contribution in [0.2, 0.25) is 0 Å². The molecule has 6 heteroatoms.